The van der Waals surface area contributed by atoms with Crippen molar-refractivity contribution in [1.82, 2.24) is 14.5 Å². The molecule has 0 aliphatic rings. The number of hydrogen-bond donors (Lipinski definition) is 1. The van der Waals surface area contributed by atoms with Crippen molar-refractivity contribution >= 4 is 57.6 Å². The fraction of sp³-hybridized carbons (Fsp3) is 0.0952. The second-order valence-electron chi connectivity index (χ2n) is 6.34. The van der Waals surface area contributed by atoms with Crippen molar-refractivity contribution in [2.75, 3.05) is 11.6 Å². The molecule has 4 rings (SSSR count). The average Bonchev–Trinajstić information content (AvgIpc) is 2.72. The van der Waals surface area contributed by atoms with Gasteiger partial charge >= 0.3 is 0 Å². The quantitative estimate of drug-likeness (QED) is 0.406. The van der Waals surface area contributed by atoms with Crippen LogP contribution in [0.3, 0.4) is 0 Å². The molecule has 0 spiro atoms. The molecular weight excluding hydrogens is 427 g/mol. The second kappa shape index (κ2) is 8.06. The number of pyridine rings is 1. The van der Waals surface area contributed by atoms with Gasteiger partial charge in [-0.3, -0.25) is 9.36 Å². The average molecular weight is 443 g/mol. The lowest BCUT2D eigenvalue weighted by Gasteiger charge is -2.12. The van der Waals surface area contributed by atoms with Crippen molar-refractivity contribution in [2.24, 2.45) is 7.05 Å². The molecule has 0 radical (unpaired) electrons. The Hall–Kier alpha value is -2.54. The van der Waals surface area contributed by atoms with E-state index in [0.717, 1.165) is 5.69 Å². The molecule has 0 fully saturated rings. The highest BCUT2D eigenvalue weighted by molar-refractivity contribution is 7.98. The zero-order valence-electron chi connectivity index (χ0n) is 15.6. The third kappa shape index (κ3) is 3.83. The maximum Gasteiger partial charge on any atom is 0.259 e. The normalized spacial score (nSPS) is 11.0. The number of anilines is 2. The highest BCUT2D eigenvalue weighted by Gasteiger charge is 2.16. The number of aryl methyl sites for hydroxylation is 1. The molecule has 4 aromatic rings. The third-order valence-electron chi connectivity index (χ3n) is 4.53. The number of aromatic nitrogens is 3. The monoisotopic (exact) mass is 442 g/mol. The maximum absolute atomic E-state index is 13.0. The molecule has 1 N–H and O–H groups in total. The summed E-state index contributed by atoms with van der Waals surface area (Å²) in [4.78, 5) is 23.1. The van der Waals surface area contributed by atoms with Gasteiger partial charge in [-0.1, -0.05) is 29.3 Å². The summed E-state index contributed by atoms with van der Waals surface area (Å²) in [6.07, 6.45) is 3.70. The number of rotatable bonds is 4. The van der Waals surface area contributed by atoms with Crippen LogP contribution in [0, 0.1) is 0 Å². The number of nitrogens with one attached hydrogen (secondary N) is 1. The molecule has 0 saturated heterocycles. The minimum Gasteiger partial charge on any atom is -0.324 e. The summed E-state index contributed by atoms with van der Waals surface area (Å²) in [5.74, 6) is 0.410. The summed E-state index contributed by atoms with van der Waals surface area (Å²) in [6, 6.07) is 14.8. The van der Waals surface area contributed by atoms with Gasteiger partial charge in [0.05, 0.1) is 15.6 Å². The summed E-state index contributed by atoms with van der Waals surface area (Å²) in [5.41, 5.74) is 2.07. The van der Waals surface area contributed by atoms with Crippen LogP contribution in [0.1, 0.15) is 0 Å². The van der Waals surface area contributed by atoms with E-state index in [0.29, 0.717) is 38.2 Å². The molecular formula is C21H16Cl2N4OS. The highest BCUT2D eigenvalue weighted by atomic mass is 35.5. The Balaban J connectivity index is 1.78. The van der Waals surface area contributed by atoms with Crippen molar-refractivity contribution in [3.05, 3.63) is 75.1 Å². The van der Waals surface area contributed by atoms with Gasteiger partial charge < -0.3 is 5.32 Å². The Labute approximate surface area is 181 Å². The van der Waals surface area contributed by atoms with Gasteiger partial charge in [0.2, 0.25) is 5.95 Å². The molecule has 0 atom stereocenters. The molecule has 0 aliphatic heterocycles. The first kappa shape index (κ1) is 19.8. The number of benzene rings is 2. The Kier molecular flexibility index (Phi) is 5.50. The van der Waals surface area contributed by atoms with E-state index in [1.165, 1.54) is 9.46 Å². The van der Waals surface area contributed by atoms with E-state index >= 15 is 0 Å². The van der Waals surface area contributed by atoms with Gasteiger partial charge in [-0.05, 0) is 48.7 Å². The first-order valence-corrected chi connectivity index (χ1v) is 10.7. The molecule has 2 aromatic carbocycles. The van der Waals surface area contributed by atoms with E-state index in [-0.39, 0.29) is 5.56 Å². The van der Waals surface area contributed by atoms with Crippen LogP contribution < -0.4 is 10.9 Å². The molecule has 0 saturated carbocycles. The molecule has 0 aliphatic carbocycles. The Bertz CT molecular complexity index is 1250. The smallest absolute Gasteiger partial charge is 0.259 e. The van der Waals surface area contributed by atoms with E-state index in [1.54, 1.807) is 49.3 Å². The molecule has 8 heteroatoms. The lowest BCUT2D eigenvalue weighted by atomic mass is 10.1. The van der Waals surface area contributed by atoms with E-state index in [9.17, 15) is 4.79 Å². The molecule has 2 heterocycles. The van der Waals surface area contributed by atoms with Crippen LogP contribution in [0.2, 0.25) is 10.0 Å². The number of halogens is 2. The summed E-state index contributed by atoms with van der Waals surface area (Å²) >= 11 is 14.3. The zero-order chi connectivity index (χ0) is 20.5. The molecule has 146 valence electrons. The largest absolute Gasteiger partial charge is 0.324 e. The highest BCUT2D eigenvalue weighted by Crippen LogP contribution is 2.33. The third-order valence-corrected chi connectivity index (χ3v) is 5.90. The first-order valence-electron chi connectivity index (χ1n) is 8.70. The van der Waals surface area contributed by atoms with Crippen LogP contribution in [0.4, 0.5) is 11.6 Å². The van der Waals surface area contributed by atoms with Gasteiger partial charge in [0.15, 0.2) is 0 Å². The molecule has 29 heavy (non-hydrogen) atoms. The van der Waals surface area contributed by atoms with Crippen LogP contribution >= 0.6 is 35.0 Å². The van der Waals surface area contributed by atoms with Gasteiger partial charge in [0.1, 0.15) is 5.65 Å². The number of fused-ring (bicyclic) bond motifs is 1. The predicted molar refractivity (Wildman–Crippen MR) is 122 cm³/mol. The Morgan fingerprint density at radius 1 is 1.07 bits per heavy atom. The minimum absolute atomic E-state index is 0.235. The molecule has 0 amide bonds. The molecule has 0 unspecified atom stereocenters. The second-order valence-corrected chi connectivity index (χ2v) is 8.04. The Morgan fingerprint density at radius 2 is 1.76 bits per heavy atom. The van der Waals surface area contributed by atoms with E-state index < -0.39 is 0 Å². The lowest BCUT2D eigenvalue weighted by molar-refractivity contribution is 0.887. The van der Waals surface area contributed by atoms with Crippen molar-refractivity contribution < 1.29 is 0 Å². The molecule has 2 aromatic heterocycles. The first-order chi connectivity index (χ1) is 14.0. The van der Waals surface area contributed by atoms with Gasteiger partial charge in [0, 0.05) is 34.8 Å². The van der Waals surface area contributed by atoms with Crippen molar-refractivity contribution in [2.45, 2.75) is 4.90 Å². The topological polar surface area (TPSA) is 59.8 Å². The fourth-order valence-electron chi connectivity index (χ4n) is 3.04. The van der Waals surface area contributed by atoms with Crippen molar-refractivity contribution in [1.29, 1.82) is 0 Å². The van der Waals surface area contributed by atoms with Gasteiger partial charge in [-0.2, -0.15) is 4.98 Å². The van der Waals surface area contributed by atoms with Crippen LogP contribution in [0.15, 0.2) is 64.4 Å². The minimum atomic E-state index is -0.235. The lowest BCUT2D eigenvalue weighted by Crippen LogP contribution is -2.20. The Morgan fingerprint density at radius 3 is 2.41 bits per heavy atom. The summed E-state index contributed by atoms with van der Waals surface area (Å²) in [6.45, 7) is 0. The number of nitrogens with zero attached hydrogens (tertiary/aromatic N) is 3. The standard InChI is InChI=1S/C21H16Cl2N4OS/c1-27-19-12(10-15(20(27)28)18-16(22)4-3-5-17(18)23)11-24-21(26-19)25-13-6-8-14(29-2)9-7-13/h3-11H,1-2H3,(H,24,25,26). The number of hydrogen-bond acceptors (Lipinski definition) is 5. The van der Waals surface area contributed by atoms with Crippen LogP contribution in [-0.2, 0) is 7.05 Å². The zero-order valence-corrected chi connectivity index (χ0v) is 17.9. The van der Waals surface area contributed by atoms with Gasteiger partial charge in [-0.15, -0.1) is 11.8 Å². The fourth-order valence-corrected chi connectivity index (χ4v) is 4.05. The molecule has 0 bridgehead atoms. The van der Waals surface area contributed by atoms with Gasteiger partial charge in [0.25, 0.3) is 5.56 Å². The van der Waals surface area contributed by atoms with E-state index in [1.807, 2.05) is 30.5 Å². The van der Waals surface area contributed by atoms with E-state index in [2.05, 4.69) is 15.3 Å². The summed E-state index contributed by atoms with van der Waals surface area (Å²) in [5, 5.41) is 4.72. The van der Waals surface area contributed by atoms with Crippen molar-refractivity contribution in [3.63, 3.8) is 0 Å². The maximum atomic E-state index is 13.0. The molecule has 5 nitrogen and oxygen atoms in total. The SMILES string of the molecule is CSc1ccc(Nc2ncc3cc(-c4c(Cl)cccc4Cl)c(=O)n(C)c3n2)cc1. The van der Waals surface area contributed by atoms with Crippen LogP contribution in [0.25, 0.3) is 22.2 Å². The summed E-state index contributed by atoms with van der Waals surface area (Å²) in [7, 11) is 1.67. The van der Waals surface area contributed by atoms with Crippen molar-refractivity contribution in [3.8, 4) is 11.1 Å². The van der Waals surface area contributed by atoms with Gasteiger partial charge in [-0.25, -0.2) is 4.98 Å². The summed E-state index contributed by atoms with van der Waals surface area (Å²) < 4.78 is 1.48. The predicted octanol–water partition coefficient (Wildman–Crippen LogP) is 5.77. The number of thioether (sulfide) groups is 1. The van der Waals surface area contributed by atoms with E-state index in [4.69, 9.17) is 23.2 Å². The van der Waals surface area contributed by atoms with Crippen LogP contribution in [0.5, 0.6) is 0 Å². The van der Waals surface area contributed by atoms with Crippen LogP contribution in [-0.4, -0.2) is 20.8 Å².